The van der Waals surface area contributed by atoms with Crippen LogP contribution in [0.2, 0.25) is 0 Å². The molecule has 2 nitrogen and oxygen atoms in total. The first kappa shape index (κ1) is 17.3. The van der Waals surface area contributed by atoms with Crippen molar-refractivity contribution in [1.82, 2.24) is 5.32 Å². The van der Waals surface area contributed by atoms with Crippen molar-refractivity contribution in [3.05, 3.63) is 0 Å². The second-order valence-corrected chi connectivity index (χ2v) is 9.14. The third-order valence-electron chi connectivity index (χ3n) is 2.23. The number of rotatable bonds is 7. The fourth-order valence-corrected chi connectivity index (χ4v) is 4.09. The van der Waals surface area contributed by atoms with Gasteiger partial charge in [-0.3, -0.25) is 4.79 Å². The van der Waals surface area contributed by atoms with Crippen molar-refractivity contribution in [3.8, 4) is 0 Å². The van der Waals surface area contributed by atoms with Gasteiger partial charge in [-0.2, -0.15) is 0 Å². The fraction of sp³-hybridized carbons (Fsp3) is 0.923. The van der Waals surface area contributed by atoms with Crippen LogP contribution in [-0.2, 0) is 4.79 Å². The number of nitrogens with one attached hydrogen (secondary N) is 1. The molecule has 0 aliphatic rings. The van der Waals surface area contributed by atoms with Gasteiger partial charge in [0.15, 0.2) is 5.78 Å². The van der Waals surface area contributed by atoms with Gasteiger partial charge >= 0.3 is 0 Å². The van der Waals surface area contributed by atoms with Gasteiger partial charge in [-0.15, -0.1) is 0 Å². The Hall–Kier alpha value is 0.330. The fourth-order valence-electron chi connectivity index (χ4n) is 1.52. The van der Waals surface area contributed by atoms with E-state index in [4.69, 9.17) is 0 Å². The van der Waals surface area contributed by atoms with Crippen molar-refractivity contribution >= 4 is 27.4 Å². The standard InChI is InChI=1S/C13H27NOS2/c1-10(2)14-8-9-16-17-13(6,7)11(15)12(3,4)5/h10,14H,8-9H2,1-7H3. The summed E-state index contributed by atoms with van der Waals surface area (Å²) in [6.45, 7) is 15.3. The third kappa shape index (κ3) is 7.37. The Bertz CT molecular complexity index is 244. The summed E-state index contributed by atoms with van der Waals surface area (Å²) in [5.41, 5.74) is -0.257. The van der Waals surface area contributed by atoms with E-state index in [1.807, 2.05) is 34.6 Å². The minimum atomic E-state index is -0.305. The molecule has 4 heteroatoms. The minimum Gasteiger partial charge on any atom is -0.314 e. The average Bonchev–Trinajstić information content (AvgIpc) is 2.14. The number of carbonyl (C=O) groups excluding carboxylic acids is 1. The molecule has 102 valence electrons. The van der Waals surface area contributed by atoms with Crippen LogP contribution in [0.25, 0.3) is 0 Å². The summed E-state index contributed by atoms with van der Waals surface area (Å²) in [6, 6.07) is 0.532. The number of hydrogen-bond donors (Lipinski definition) is 1. The van der Waals surface area contributed by atoms with Crippen LogP contribution in [0.4, 0.5) is 0 Å². The van der Waals surface area contributed by atoms with Crippen LogP contribution < -0.4 is 5.32 Å². The summed E-state index contributed by atoms with van der Waals surface area (Å²) in [7, 11) is 3.47. The van der Waals surface area contributed by atoms with Crippen LogP contribution in [0, 0.1) is 5.41 Å². The lowest BCUT2D eigenvalue weighted by Crippen LogP contribution is -2.37. The van der Waals surface area contributed by atoms with Gasteiger partial charge in [-0.1, -0.05) is 56.2 Å². The Labute approximate surface area is 114 Å². The Morgan fingerprint density at radius 1 is 1.18 bits per heavy atom. The molecule has 0 rings (SSSR count). The minimum absolute atomic E-state index is 0.257. The highest BCUT2D eigenvalue weighted by Gasteiger charge is 2.36. The molecular formula is C13H27NOS2. The second kappa shape index (κ2) is 7.05. The summed E-state index contributed by atoms with van der Waals surface area (Å²) < 4.78 is -0.305. The molecule has 0 radical (unpaired) electrons. The highest BCUT2D eigenvalue weighted by atomic mass is 33.1. The first-order valence-corrected chi connectivity index (χ1v) is 8.48. The maximum atomic E-state index is 12.2. The SMILES string of the molecule is CC(C)NCCSSC(C)(C)C(=O)C(C)(C)C. The molecule has 1 N–H and O–H groups in total. The molecular weight excluding hydrogens is 250 g/mol. The van der Waals surface area contributed by atoms with Crippen LogP contribution in [0.5, 0.6) is 0 Å². The zero-order valence-corrected chi connectivity index (χ0v) is 13.8. The van der Waals surface area contributed by atoms with Gasteiger partial charge in [0, 0.05) is 23.8 Å². The average molecular weight is 277 g/mol. The van der Waals surface area contributed by atoms with Gasteiger partial charge in [0.25, 0.3) is 0 Å². The van der Waals surface area contributed by atoms with E-state index in [2.05, 4.69) is 19.2 Å². The van der Waals surface area contributed by atoms with Crippen molar-refractivity contribution in [1.29, 1.82) is 0 Å². The molecule has 0 aromatic rings. The molecule has 0 fully saturated rings. The van der Waals surface area contributed by atoms with Gasteiger partial charge in [-0.05, 0) is 13.8 Å². The molecule has 0 aromatic heterocycles. The van der Waals surface area contributed by atoms with E-state index in [0.717, 1.165) is 12.3 Å². The Kier molecular flexibility index (Phi) is 7.19. The number of Topliss-reactive ketones (excluding diaryl/α,β-unsaturated/α-hetero) is 1. The third-order valence-corrected chi connectivity index (χ3v) is 5.43. The van der Waals surface area contributed by atoms with Crippen molar-refractivity contribution in [3.63, 3.8) is 0 Å². The highest BCUT2D eigenvalue weighted by Crippen LogP contribution is 2.40. The van der Waals surface area contributed by atoms with Crippen molar-refractivity contribution in [2.24, 2.45) is 5.41 Å². The molecule has 0 saturated heterocycles. The predicted molar refractivity (Wildman–Crippen MR) is 81.7 cm³/mol. The quantitative estimate of drug-likeness (QED) is 0.567. The summed E-state index contributed by atoms with van der Waals surface area (Å²) in [4.78, 5) is 12.2. The highest BCUT2D eigenvalue weighted by molar-refractivity contribution is 8.77. The van der Waals surface area contributed by atoms with Gasteiger partial charge in [0.2, 0.25) is 0 Å². The van der Waals surface area contributed by atoms with E-state index < -0.39 is 0 Å². The first-order chi connectivity index (χ1) is 7.57. The molecule has 0 aliphatic heterocycles. The molecule has 0 amide bonds. The molecule has 0 aliphatic carbocycles. The molecule has 0 heterocycles. The van der Waals surface area contributed by atoms with Crippen LogP contribution >= 0.6 is 21.6 Å². The van der Waals surface area contributed by atoms with Gasteiger partial charge < -0.3 is 5.32 Å². The van der Waals surface area contributed by atoms with Gasteiger partial charge in [0.05, 0.1) is 4.75 Å². The summed E-state index contributed by atoms with van der Waals surface area (Å²) in [5, 5.41) is 3.37. The van der Waals surface area contributed by atoms with Crippen LogP contribution in [0.15, 0.2) is 0 Å². The number of hydrogen-bond acceptors (Lipinski definition) is 4. The second-order valence-electron chi connectivity index (χ2n) is 6.10. The predicted octanol–water partition coefficient (Wildman–Crippen LogP) is 3.76. The van der Waals surface area contributed by atoms with E-state index in [0.29, 0.717) is 11.8 Å². The Morgan fingerprint density at radius 2 is 1.71 bits per heavy atom. The van der Waals surface area contributed by atoms with Crippen LogP contribution in [-0.4, -0.2) is 28.9 Å². The molecule has 0 atom stereocenters. The molecule has 0 saturated carbocycles. The first-order valence-electron chi connectivity index (χ1n) is 6.16. The largest absolute Gasteiger partial charge is 0.314 e. The van der Waals surface area contributed by atoms with Gasteiger partial charge in [0.1, 0.15) is 0 Å². The maximum Gasteiger partial charge on any atom is 0.154 e. The molecule has 0 aromatic carbocycles. The van der Waals surface area contributed by atoms with Crippen LogP contribution in [0.1, 0.15) is 48.5 Å². The number of carbonyl (C=O) groups is 1. The normalized spacial score (nSPS) is 13.2. The van der Waals surface area contributed by atoms with E-state index in [1.165, 1.54) is 0 Å². The lowest BCUT2D eigenvalue weighted by atomic mass is 9.84. The molecule has 17 heavy (non-hydrogen) atoms. The number of ketones is 1. The monoisotopic (exact) mass is 277 g/mol. The summed E-state index contributed by atoms with van der Waals surface area (Å²) in [5.74, 6) is 1.35. The van der Waals surface area contributed by atoms with E-state index in [1.54, 1.807) is 21.6 Å². The molecule has 0 bridgehead atoms. The molecule has 0 spiro atoms. The van der Waals surface area contributed by atoms with E-state index in [-0.39, 0.29) is 10.2 Å². The van der Waals surface area contributed by atoms with E-state index >= 15 is 0 Å². The van der Waals surface area contributed by atoms with Crippen molar-refractivity contribution < 1.29 is 4.79 Å². The Balaban J connectivity index is 3.98. The zero-order valence-electron chi connectivity index (χ0n) is 12.2. The summed E-state index contributed by atoms with van der Waals surface area (Å²) in [6.07, 6.45) is 0. The van der Waals surface area contributed by atoms with Gasteiger partial charge in [-0.25, -0.2) is 0 Å². The topological polar surface area (TPSA) is 29.1 Å². The van der Waals surface area contributed by atoms with Crippen molar-refractivity contribution in [2.75, 3.05) is 12.3 Å². The Morgan fingerprint density at radius 3 is 2.12 bits per heavy atom. The van der Waals surface area contributed by atoms with Crippen LogP contribution in [0.3, 0.4) is 0 Å². The lowest BCUT2D eigenvalue weighted by Gasteiger charge is -2.29. The maximum absolute atomic E-state index is 12.2. The zero-order chi connectivity index (χ0) is 13.7. The lowest BCUT2D eigenvalue weighted by molar-refractivity contribution is -0.127. The smallest absolute Gasteiger partial charge is 0.154 e. The van der Waals surface area contributed by atoms with E-state index in [9.17, 15) is 4.79 Å². The van der Waals surface area contributed by atoms with Crippen molar-refractivity contribution in [2.45, 2.75) is 59.3 Å². The molecule has 0 unspecified atom stereocenters. The summed E-state index contributed by atoms with van der Waals surface area (Å²) >= 11 is 0.